The highest BCUT2D eigenvalue weighted by Gasteiger charge is 2.40. The minimum Gasteiger partial charge on any atom is -0.369 e. The normalized spacial score (nSPS) is 21.5. The standard InChI is InChI=1S/C16H15BrFN3/c1-16(11-3-2-4-12(17)9-11)10-20-15(19)21(16)14-7-5-13(18)6-8-14/h2-9H,10H2,1H3,(H2,19,20). The van der Waals surface area contributed by atoms with Crippen molar-refractivity contribution in [2.45, 2.75) is 12.5 Å². The van der Waals surface area contributed by atoms with E-state index in [0.29, 0.717) is 12.5 Å². The zero-order chi connectivity index (χ0) is 15.0. The highest BCUT2D eigenvalue weighted by Crippen LogP contribution is 2.37. The number of nitrogens with two attached hydrogens (primary N) is 1. The van der Waals surface area contributed by atoms with Gasteiger partial charge in [-0.15, -0.1) is 0 Å². The molecule has 3 rings (SSSR count). The molecule has 1 aliphatic heterocycles. The molecule has 1 aliphatic rings. The Morgan fingerprint density at radius 1 is 1.24 bits per heavy atom. The van der Waals surface area contributed by atoms with E-state index in [-0.39, 0.29) is 11.4 Å². The van der Waals surface area contributed by atoms with Gasteiger partial charge in [-0.2, -0.15) is 0 Å². The van der Waals surface area contributed by atoms with Crippen LogP contribution in [0.3, 0.4) is 0 Å². The molecule has 3 nitrogen and oxygen atoms in total. The number of aliphatic imine (C=N–C) groups is 1. The average molecular weight is 348 g/mol. The van der Waals surface area contributed by atoms with Crippen molar-refractivity contribution in [1.82, 2.24) is 0 Å². The van der Waals surface area contributed by atoms with Gasteiger partial charge in [0.25, 0.3) is 0 Å². The van der Waals surface area contributed by atoms with E-state index in [1.807, 2.05) is 17.0 Å². The van der Waals surface area contributed by atoms with Crippen LogP contribution in [-0.4, -0.2) is 12.5 Å². The fourth-order valence-corrected chi connectivity index (χ4v) is 3.08. The predicted octanol–water partition coefficient (Wildman–Crippen LogP) is 3.64. The molecule has 1 atom stereocenters. The number of rotatable bonds is 2. The van der Waals surface area contributed by atoms with Gasteiger partial charge < -0.3 is 10.6 Å². The van der Waals surface area contributed by atoms with Gasteiger partial charge in [-0.1, -0.05) is 28.1 Å². The second kappa shape index (κ2) is 5.15. The summed E-state index contributed by atoms with van der Waals surface area (Å²) in [6, 6.07) is 14.4. The first-order valence-electron chi connectivity index (χ1n) is 6.62. The van der Waals surface area contributed by atoms with Gasteiger partial charge in [-0.25, -0.2) is 4.39 Å². The molecule has 0 aliphatic carbocycles. The summed E-state index contributed by atoms with van der Waals surface area (Å²) in [6.45, 7) is 2.65. The van der Waals surface area contributed by atoms with E-state index < -0.39 is 0 Å². The van der Waals surface area contributed by atoms with Crippen LogP contribution in [0.4, 0.5) is 10.1 Å². The lowest BCUT2D eigenvalue weighted by molar-refractivity contribution is 0.532. The topological polar surface area (TPSA) is 41.6 Å². The first kappa shape index (κ1) is 14.1. The van der Waals surface area contributed by atoms with Gasteiger partial charge in [0, 0.05) is 10.2 Å². The number of anilines is 1. The van der Waals surface area contributed by atoms with E-state index >= 15 is 0 Å². The van der Waals surface area contributed by atoms with E-state index in [2.05, 4.69) is 40.0 Å². The Hall–Kier alpha value is -1.88. The van der Waals surface area contributed by atoms with Crippen LogP contribution in [0.2, 0.25) is 0 Å². The highest BCUT2D eigenvalue weighted by molar-refractivity contribution is 9.10. The van der Waals surface area contributed by atoms with Crippen molar-refractivity contribution in [3.05, 3.63) is 64.4 Å². The molecule has 2 aromatic carbocycles. The van der Waals surface area contributed by atoms with E-state index in [4.69, 9.17) is 5.73 Å². The van der Waals surface area contributed by atoms with Crippen LogP contribution in [0.25, 0.3) is 0 Å². The summed E-state index contributed by atoms with van der Waals surface area (Å²) in [6.07, 6.45) is 0. The SMILES string of the molecule is CC1(c2cccc(Br)c2)CN=C(N)N1c1ccc(F)cc1. The van der Waals surface area contributed by atoms with Gasteiger partial charge in [0.1, 0.15) is 5.82 Å². The van der Waals surface area contributed by atoms with Crippen LogP contribution in [-0.2, 0) is 5.54 Å². The Bertz CT molecular complexity index is 699. The second-order valence-corrected chi connectivity index (χ2v) is 6.19. The lowest BCUT2D eigenvalue weighted by atomic mass is 9.90. The molecule has 21 heavy (non-hydrogen) atoms. The molecule has 0 aromatic heterocycles. The molecule has 0 saturated heterocycles. The van der Waals surface area contributed by atoms with Gasteiger partial charge in [-0.05, 0) is 48.9 Å². The minimum atomic E-state index is -0.383. The Morgan fingerprint density at radius 2 is 1.95 bits per heavy atom. The maximum absolute atomic E-state index is 13.2. The van der Waals surface area contributed by atoms with Crippen LogP contribution < -0.4 is 10.6 Å². The van der Waals surface area contributed by atoms with Crippen LogP contribution in [0.15, 0.2) is 58.0 Å². The van der Waals surface area contributed by atoms with Gasteiger partial charge in [0.05, 0.1) is 12.1 Å². The van der Waals surface area contributed by atoms with Crippen molar-refractivity contribution >= 4 is 27.6 Å². The fraction of sp³-hybridized carbons (Fsp3) is 0.188. The predicted molar refractivity (Wildman–Crippen MR) is 86.9 cm³/mol. The Labute approximate surface area is 131 Å². The number of halogens is 2. The molecule has 1 heterocycles. The zero-order valence-electron chi connectivity index (χ0n) is 11.6. The summed E-state index contributed by atoms with van der Waals surface area (Å²) in [5.74, 6) is 0.182. The van der Waals surface area contributed by atoms with Crippen molar-refractivity contribution in [3.8, 4) is 0 Å². The van der Waals surface area contributed by atoms with Crippen molar-refractivity contribution in [2.24, 2.45) is 10.7 Å². The summed E-state index contributed by atoms with van der Waals surface area (Å²) in [7, 11) is 0. The molecule has 2 aromatic rings. The third kappa shape index (κ3) is 2.42. The Kier molecular flexibility index (Phi) is 3.45. The Balaban J connectivity index is 2.07. The molecule has 108 valence electrons. The molecule has 2 N–H and O–H groups in total. The molecule has 0 radical (unpaired) electrons. The molecule has 1 unspecified atom stereocenters. The quantitative estimate of drug-likeness (QED) is 0.900. The molecule has 0 spiro atoms. The van der Waals surface area contributed by atoms with Crippen LogP contribution in [0.1, 0.15) is 12.5 Å². The molecular weight excluding hydrogens is 333 g/mol. The molecule has 0 amide bonds. The minimum absolute atomic E-state index is 0.266. The van der Waals surface area contributed by atoms with Crippen molar-refractivity contribution in [1.29, 1.82) is 0 Å². The summed E-state index contributed by atoms with van der Waals surface area (Å²) >= 11 is 3.50. The third-order valence-electron chi connectivity index (χ3n) is 3.80. The fourth-order valence-electron chi connectivity index (χ4n) is 2.68. The van der Waals surface area contributed by atoms with Crippen molar-refractivity contribution < 1.29 is 4.39 Å². The van der Waals surface area contributed by atoms with Gasteiger partial charge in [0.2, 0.25) is 0 Å². The lowest BCUT2D eigenvalue weighted by Gasteiger charge is -2.36. The number of guanidine groups is 1. The van der Waals surface area contributed by atoms with E-state index in [9.17, 15) is 4.39 Å². The smallest absolute Gasteiger partial charge is 0.196 e. The van der Waals surface area contributed by atoms with Crippen LogP contribution >= 0.6 is 15.9 Å². The number of benzene rings is 2. The summed E-state index contributed by atoms with van der Waals surface area (Å²) in [5.41, 5.74) is 7.62. The zero-order valence-corrected chi connectivity index (χ0v) is 13.1. The molecule has 0 fully saturated rings. The van der Waals surface area contributed by atoms with E-state index in [1.54, 1.807) is 12.1 Å². The summed E-state index contributed by atoms with van der Waals surface area (Å²) < 4.78 is 14.2. The molecule has 0 saturated carbocycles. The molecule has 0 bridgehead atoms. The molecule has 5 heteroatoms. The summed E-state index contributed by atoms with van der Waals surface area (Å²) in [5, 5.41) is 0. The maximum atomic E-state index is 13.2. The van der Waals surface area contributed by atoms with Gasteiger partial charge in [0.15, 0.2) is 5.96 Å². The average Bonchev–Trinajstić information content (AvgIpc) is 2.77. The maximum Gasteiger partial charge on any atom is 0.196 e. The van der Waals surface area contributed by atoms with Gasteiger partial charge >= 0.3 is 0 Å². The van der Waals surface area contributed by atoms with Crippen LogP contribution in [0, 0.1) is 5.82 Å². The van der Waals surface area contributed by atoms with E-state index in [1.165, 1.54) is 12.1 Å². The first-order chi connectivity index (χ1) is 10.0. The highest BCUT2D eigenvalue weighted by atomic mass is 79.9. The first-order valence-corrected chi connectivity index (χ1v) is 7.42. The van der Waals surface area contributed by atoms with Crippen molar-refractivity contribution in [2.75, 3.05) is 11.4 Å². The Morgan fingerprint density at radius 3 is 2.62 bits per heavy atom. The second-order valence-electron chi connectivity index (χ2n) is 5.27. The number of nitrogens with zero attached hydrogens (tertiary/aromatic N) is 2. The summed E-state index contributed by atoms with van der Waals surface area (Å²) in [4.78, 5) is 6.34. The third-order valence-corrected chi connectivity index (χ3v) is 4.30. The number of hydrogen-bond acceptors (Lipinski definition) is 3. The number of hydrogen-bond donors (Lipinski definition) is 1. The van der Waals surface area contributed by atoms with E-state index in [0.717, 1.165) is 15.7 Å². The largest absolute Gasteiger partial charge is 0.369 e. The van der Waals surface area contributed by atoms with Gasteiger partial charge in [-0.3, -0.25) is 4.99 Å². The van der Waals surface area contributed by atoms with Crippen molar-refractivity contribution in [3.63, 3.8) is 0 Å². The van der Waals surface area contributed by atoms with Crippen LogP contribution in [0.5, 0.6) is 0 Å². The monoisotopic (exact) mass is 347 g/mol. The lowest BCUT2D eigenvalue weighted by Crippen LogP contribution is -2.47. The molecular formula is C16H15BrFN3.